The molecule has 0 unspecified atom stereocenters. The predicted octanol–water partition coefficient (Wildman–Crippen LogP) is 4.70. The maximum Gasteiger partial charge on any atom is 0.325 e. The number of benzene rings is 2. The molecular formula is C24H20F4N4O2. The van der Waals surface area contributed by atoms with E-state index in [0.29, 0.717) is 17.8 Å². The van der Waals surface area contributed by atoms with Crippen molar-refractivity contribution in [2.45, 2.75) is 26.1 Å². The molecule has 1 aliphatic rings. The van der Waals surface area contributed by atoms with E-state index in [2.05, 4.69) is 10.3 Å². The molecule has 2 heterocycles. The zero-order valence-electron chi connectivity index (χ0n) is 18.3. The van der Waals surface area contributed by atoms with Crippen LogP contribution in [0.1, 0.15) is 40.1 Å². The highest BCUT2D eigenvalue weighted by Crippen LogP contribution is 2.37. The number of nitrogens with one attached hydrogen (secondary N) is 1. The number of aromatic nitrogens is 1. The number of carbonyl (C=O) groups is 2. The van der Waals surface area contributed by atoms with Gasteiger partial charge in [0.05, 0.1) is 24.0 Å². The van der Waals surface area contributed by atoms with Crippen LogP contribution in [0.3, 0.4) is 0 Å². The maximum atomic E-state index is 14.2. The molecule has 0 saturated carbocycles. The second-order valence-electron chi connectivity index (χ2n) is 7.89. The number of urea groups is 1. The summed E-state index contributed by atoms with van der Waals surface area (Å²) in [6.07, 6.45) is 1.41. The molecule has 6 nitrogen and oxygen atoms in total. The van der Waals surface area contributed by atoms with Crippen molar-refractivity contribution in [3.63, 3.8) is 0 Å². The minimum Gasteiger partial charge on any atom is -0.348 e. The number of amides is 3. The fourth-order valence-corrected chi connectivity index (χ4v) is 3.79. The van der Waals surface area contributed by atoms with Crippen LogP contribution in [0.5, 0.6) is 0 Å². The summed E-state index contributed by atoms with van der Waals surface area (Å²) in [5, 5.41) is 2.40. The Hall–Kier alpha value is -3.95. The number of halogens is 4. The summed E-state index contributed by atoms with van der Waals surface area (Å²) in [5.41, 5.74) is 0.822. The fraction of sp³-hybridized carbons (Fsp3) is 0.208. The van der Waals surface area contributed by atoms with Crippen molar-refractivity contribution in [3.8, 4) is 0 Å². The van der Waals surface area contributed by atoms with Gasteiger partial charge in [0.25, 0.3) is 5.91 Å². The van der Waals surface area contributed by atoms with Gasteiger partial charge in [0.2, 0.25) is 0 Å². The summed E-state index contributed by atoms with van der Waals surface area (Å²) < 4.78 is 55.1. The summed E-state index contributed by atoms with van der Waals surface area (Å²) in [6.45, 7) is 1.15. The predicted molar refractivity (Wildman–Crippen MR) is 116 cm³/mol. The third-order valence-corrected chi connectivity index (χ3v) is 5.82. The van der Waals surface area contributed by atoms with Crippen molar-refractivity contribution in [1.29, 1.82) is 0 Å². The van der Waals surface area contributed by atoms with E-state index in [1.807, 2.05) is 6.92 Å². The number of anilines is 1. The van der Waals surface area contributed by atoms with Crippen LogP contribution in [0.4, 0.5) is 28.0 Å². The van der Waals surface area contributed by atoms with Gasteiger partial charge >= 0.3 is 6.03 Å². The van der Waals surface area contributed by atoms with Crippen molar-refractivity contribution in [3.05, 3.63) is 94.3 Å². The lowest BCUT2D eigenvalue weighted by molar-refractivity contribution is 0.0950. The van der Waals surface area contributed by atoms with E-state index in [-0.39, 0.29) is 23.8 Å². The van der Waals surface area contributed by atoms with Crippen LogP contribution in [0.25, 0.3) is 0 Å². The second kappa shape index (κ2) is 9.12. The summed E-state index contributed by atoms with van der Waals surface area (Å²) in [7, 11) is 1.62. The average molecular weight is 472 g/mol. The number of hydrogen-bond acceptors (Lipinski definition) is 3. The number of hydrogen-bond donors (Lipinski definition) is 1. The molecule has 1 aromatic heterocycles. The second-order valence-corrected chi connectivity index (χ2v) is 7.89. The molecule has 1 atom stereocenters. The quantitative estimate of drug-likeness (QED) is 0.548. The van der Waals surface area contributed by atoms with Crippen molar-refractivity contribution in [2.24, 2.45) is 0 Å². The Morgan fingerprint density at radius 1 is 1.06 bits per heavy atom. The minimum absolute atomic E-state index is 0.0573. The van der Waals surface area contributed by atoms with Gasteiger partial charge in [0.15, 0.2) is 0 Å². The first-order valence-corrected chi connectivity index (χ1v) is 10.4. The van der Waals surface area contributed by atoms with E-state index in [1.54, 1.807) is 13.1 Å². The Bertz CT molecular complexity index is 1260. The molecule has 0 bridgehead atoms. The molecule has 0 radical (unpaired) electrons. The summed E-state index contributed by atoms with van der Waals surface area (Å²) in [5.74, 6) is -4.53. The minimum atomic E-state index is -1.12. The number of carbonyl (C=O) groups excluding carboxylic acids is 2. The van der Waals surface area contributed by atoms with Crippen LogP contribution >= 0.6 is 0 Å². The smallest absolute Gasteiger partial charge is 0.325 e. The largest absolute Gasteiger partial charge is 0.348 e. The van der Waals surface area contributed by atoms with Gasteiger partial charge < -0.3 is 10.2 Å². The highest BCUT2D eigenvalue weighted by molar-refractivity contribution is 5.99. The van der Waals surface area contributed by atoms with Gasteiger partial charge in [-0.05, 0) is 36.8 Å². The zero-order chi connectivity index (χ0) is 24.6. The monoisotopic (exact) mass is 472 g/mol. The van der Waals surface area contributed by atoms with E-state index in [0.717, 1.165) is 5.56 Å². The molecule has 4 rings (SSSR count). The molecule has 1 N–H and O–H groups in total. The summed E-state index contributed by atoms with van der Waals surface area (Å²) in [6, 6.07) is 7.66. The average Bonchev–Trinajstić information content (AvgIpc) is 2.80. The van der Waals surface area contributed by atoms with E-state index in [9.17, 15) is 27.2 Å². The summed E-state index contributed by atoms with van der Waals surface area (Å²) >= 11 is 0. The lowest BCUT2D eigenvalue weighted by Gasteiger charge is -2.39. The van der Waals surface area contributed by atoms with Crippen LogP contribution in [0.15, 0.2) is 48.7 Å². The number of fused-ring (bicyclic) bond motifs is 1. The lowest BCUT2D eigenvalue weighted by Crippen LogP contribution is -2.46. The van der Waals surface area contributed by atoms with Gasteiger partial charge in [-0.2, -0.15) is 0 Å². The van der Waals surface area contributed by atoms with E-state index in [1.165, 1.54) is 40.3 Å². The Morgan fingerprint density at radius 3 is 2.44 bits per heavy atom. The normalized spacial score (nSPS) is 15.4. The van der Waals surface area contributed by atoms with Crippen LogP contribution < -0.4 is 10.2 Å². The fourth-order valence-electron chi connectivity index (χ4n) is 3.79. The molecule has 0 spiro atoms. The first-order valence-electron chi connectivity index (χ1n) is 10.4. The Morgan fingerprint density at radius 2 is 1.76 bits per heavy atom. The van der Waals surface area contributed by atoms with Gasteiger partial charge in [-0.3, -0.25) is 14.7 Å². The number of nitrogens with zero attached hydrogens (tertiary/aromatic N) is 3. The molecule has 34 heavy (non-hydrogen) atoms. The molecule has 10 heteroatoms. The van der Waals surface area contributed by atoms with Crippen LogP contribution in [-0.4, -0.2) is 28.9 Å². The van der Waals surface area contributed by atoms with E-state index in [4.69, 9.17) is 0 Å². The Labute approximate surface area is 192 Å². The molecular weight excluding hydrogens is 452 g/mol. The highest BCUT2D eigenvalue weighted by Gasteiger charge is 2.34. The van der Waals surface area contributed by atoms with E-state index < -0.39 is 47.3 Å². The molecule has 3 amide bonds. The molecule has 0 aliphatic carbocycles. The summed E-state index contributed by atoms with van der Waals surface area (Å²) in [4.78, 5) is 32.5. The molecule has 2 aromatic carbocycles. The van der Waals surface area contributed by atoms with Crippen molar-refractivity contribution in [2.75, 3.05) is 11.9 Å². The van der Waals surface area contributed by atoms with Gasteiger partial charge in [-0.15, -0.1) is 0 Å². The van der Waals surface area contributed by atoms with Crippen LogP contribution in [0, 0.1) is 23.3 Å². The maximum absolute atomic E-state index is 14.2. The van der Waals surface area contributed by atoms with Gasteiger partial charge in [-0.25, -0.2) is 22.4 Å². The Kier molecular flexibility index (Phi) is 6.23. The van der Waals surface area contributed by atoms with Crippen molar-refractivity contribution >= 4 is 17.6 Å². The Balaban J connectivity index is 1.63. The van der Waals surface area contributed by atoms with E-state index >= 15 is 0 Å². The third kappa shape index (κ3) is 4.30. The third-order valence-electron chi connectivity index (χ3n) is 5.82. The first-order chi connectivity index (χ1) is 16.2. The number of rotatable bonds is 5. The topological polar surface area (TPSA) is 65.5 Å². The van der Waals surface area contributed by atoms with Gasteiger partial charge in [0, 0.05) is 43.0 Å². The highest BCUT2D eigenvalue weighted by atomic mass is 19.1. The van der Waals surface area contributed by atoms with Gasteiger partial charge in [-0.1, -0.05) is 6.07 Å². The SMILES string of the molecule is C[C@H]1c2ccc(C(=O)NCc3c(F)cc(F)cc3F)cc2N(Cc2ncccc2F)C(=O)N1C. The first kappa shape index (κ1) is 23.2. The van der Waals surface area contributed by atoms with Gasteiger partial charge in [0.1, 0.15) is 23.3 Å². The van der Waals surface area contributed by atoms with Crippen LogP contribution in [-0.2, 0) is 13.1 Å². The van der Waals surface area contributed by atoms with Crippen molar-refractivity contribution in [1.82, 2.24) is 15.2 Å². The number of pyridine rings is 1. The van der Waals surface area contributed by atoms with Crippen molar-refractivity contribution < 1.29 is 27.2 Å². The molecule has 176 valence electrons. The zero-order valence-corrected chi connectivity index (χ0v) is 18.3. The standard InChI is InChI=1S/C24H20F4N4O2/c1-13-16-6-5-14(23(33)30-11-17-19(27)9-15(25)10-20(17)28)8-22(16)32(24(34)31(13)2)12-21-18(26)4-3-7-29-21/h3-10,13H,11-12H2,1-2H3,(H,30,33)/t13-/m0/s1. The molecule has 0 saturated heterocycles. The molecule has 0 fully saturated rings. The van der Waals surface area contributed by atoms with Crippen LogP contribution in [0.2, 0.25) is 0 Å². The lowest BCUT2D eigenvalue weighted by atomic mass is 9.98. The molecule has 3 aromatic rings. The molecule has 1 aliphatic heterocycles.